The number of hydrogen-bond acceptors (Lipinski definition) is 5. The first-order chi connectivity index (χ1) is 16.5. The topological polar surface area (TPSA) is 139 Å². The maximum Gasteiger partial charge on any atom is 0.573 e. The SMILES string of the molecule is NC(=O)n1cc(NC(=O)N2C[C@@H](O)C[C@H]2C(=O)Nc2cccc(OC(F)(F)F)c2)c2ccccc21. The first-order valence-corrected chi connectivity index (χ1v) is 10.3. The highest BCUT2D eigenvalue weighted by Gasteiger charge is 2.39. The van der Waals surface area contributed by atoms with Gasteiger partial charge < -0.3 is 31.1 Å². The number of primary amides is 1. The Morgan fingerprint density at radius 2 is 1.83 bits per heavy atom. The van der Waals surface area contributed by atoms with E-state index < -0.39 is 42.2 Å². The molecule has 5 N–H and O–H groups in total. The van der Waals surface area contributed by atoms with Gasteiger partial charge in [0.1, 0.15) is 11.8 Å². The van der Waals surface area contributed by atoms with Gasteiger partial charge in [-0.3, -0.25) is 9.36 Å². The van der Waals surface area contributed by atoms with Crippen molar-refractivity contribution in [1.82, 2.24) is 9.47 Å². The fraction of sp³-hybridized carbons (Fsp3) is 0.227. The monoisotopic (exact) mass is 491 g/mol. The number of alkyl halides is 3. The zero-order valence-corrected chi connectivity index (χ0v) is 18.0. The van der Waals surface area contributed by atoms with Gasteiger partial charge in [-0.1, -0.05) is 24.3 Å². The van der Waals surface area contributed by atoms with Crippen LogP contribution in [0.15, 0.2) is 54.7 Å². The number of anilines is 2. The third-order valence-corrected chi connectivity index (χ3v) is 5.37. The van der Waals surface area contributed by atoms with Crippen molar-refractivity contribution in [2.45, 2.75) is 24.9 Å². The zero-order chi connectivity index (χ0) is 25.3. The highest BCUT2D eigenvalue weighted by atomic mass is 19.4. The maximum atomic E-state index is 13.0. The molecular formula is C22H20F3N5O5. The second-order valence-electron chi connectivity index (χ2n) is 7.82. The van der Waals surface area contributed by atoms with Gasteiger partial charge >= 0.3 is 18.4 Å². The van der Waals surface area contributed by atoms with Gasteiger partial charge in [0.15, 0.2) is 0 Å². The molecule has 35 heavy (non-hydrogen) atoms. The lowest BCUT2D eigenvalue weighted by atomic mass is 10.2. The molecule has 1 fully saturated rings. The lowest BCUT2D eigenvalue weighted by Crippen LogP contribution is -2.45. The number of para-hydroxylation sites is 1. The lowest BCUT2D eigenvalue weighted by Gasteiger charge is -2.24. The van der Waals surface area contributed by atoms with Crippen LogP contribution in [0.1, 0.15) is 6.42 Å². The zero-order valence-electron chi connectivity index (χ0n) is 18.0. The molecular weight excluding hydrogens is 471 g/mol. The summed E-state index contributed by atoms with van der Waals surface area (Å²) >= 11 is 0. The van der Waals surface area contributed by atoms with Crippen LogP contribution in [0.25, 0.3) is 10.9 Å². The van der Waals surface area contributed by atoms with E-state index in [1.54, 1.807) is 24.3 Å². The van der Waals surface area contributed by atoms with E-state index in [9.17, 15) is 32.7 Å². The second-order valence-corrected chi connectivity index (χ2v) is 7.82. The predicted molar refractivity (Wildman–Crippen MR) is 119 cm³/mol. The van der Waals surface area contributed by atoms with Gasteiger partial charge in [-0.2, -0.15) is 0 Å². The van der Waals surface area contributed by atoms with Crippen LogP contribution in [0.5, 0.6) is 5.75 Å². The quantitative estimate of drug-likeness (QED) is 0.444. The normalized spacial score (nSPS) is 17.9. The van der Waals surface area contributed by atoms with Gasteiger partial charge in [-0.05, 0) is 18.2 Å². The van der Waals surface area contributed by atoms with Crippen molar-refractivity contribution in [3.05, 3.63) is 54.7 Å². The number of fused-ring (bicyclic) bond motifs is 1. The number of amides is 4. The number of aliphatic hydroxyl groups is 1. The summed E-state index contributed by atoms with van der Waals surface area (Å²) in [5, 5.41) is 15.7. The molecule has 2 atom stereocenters. The van der Waals surface area contributed by atoms with Crippen molar-refractivity contribution in [3.63, 3.8) is 0 Å². The van der Waals surface area contributed by atoms with Crippen LogP contribution in [-0.4, -0.2) is 57.6 Å². The molecule has 0 aliphatic carbocycles. The summed E-state index contributed by atoms with van der Waals surface area (Å²) in [5.74, 6) is -1.23. The van der Waals surface area contributed by atoms with Gasteiger partial charge in [0.25, 0.3) is 0 Å². The molecule has 2 aromatic carbocycles. The molecule has 0 saturated carbocycles. The number of nitrogens with two attached hydrogens (primary N) is 1. The second kappa shape index (κ2) is 9.18. The van der Waals surface area contributed by atoms with E-state index in [1.807, 2.05) is 0 Å². The molecule has 0 spiro atoms. The Morgan fingerprint density at radius 3 is 2.54 bits per heavy atom. The molecule has 184 valence electrons. The van der Waals surface area contributed by atoms with Gasteiger partial charge in [0.05, 0.1) is 17.3 Å². The van der Waals surface area contributed by atoms with Crippen molar-refractivity contribution in [1.29, 1.82) is 0 Å². The summed E-state index contributed by atoms with van der Waals surface area (Å²) in [6.07, 6.45) is -4.63. The predicted octanol–water partition coefficient (Wildman–Crippen LogP) is 3.07. The van der Waals surface area contributed by atoms with Gasteiger partial charge in [-0.15, -0.1) is 13.2 Å². The molecule has 3 aromatic rings. The van der Waals surface area contributed by atoms with E-state index in [0.29, 0.717) is 10.9 Å². The van der Waals surface area contributed by atoms with Crippen LogP contribution < -0.4 is 21.1 Å². The first-order valence-electron chi connectivity index (χ1n) is 10.3. The number of ether oxygens (including phenoxy) is 1. The summed E-state index contributed by atoms with van der Waals surface area (Å²) in [5.41, 5.74) is 6.13. The Morgan fingerprint density at radius 1 is 1.09 bits per heavy atom. The number of nitrogens with one attached hydrogen (secondary N) is 2. The number of aliphatic hydroxyl groups excluding tert-OH is 1. The number of aromatic nitrogens is 1. The standard InChI is InChI=1S/C22H20F3N5O5/c23-22(24,25)35-14-5-3-4-12(8-14)27-19(32)18-9-13(31)10-30(18)21(34)28-16-11-29(20(26)33)17-7-2-1-6-15(16)17/h1-8,11,13,18,31H,9-10H2,(H2,26,33)(H,27,32)(H,28,34)/t13-,18-/m0/s1. The van der Waals surface area contributed by atoms with Crippen molar-refractivity contribution in [2.24, 2.45) is 5.73 Å². The molecule has 13 heteroatoms. The number of benzene rings is 2. The van der Waals surface area contributed by atoms with Crippen LogP contribution >= 0.6 is 0 Å². The summed E-state index contributed by atoms with van der Waals surface area (Å²) < 4.78 is 42.4. The van der Waals surface area contributed by atoms with E-state index in [1.165, 1.54) is 18.3 Å². The number of carbonyl (C=O) groups excluding carboxylic acids is 3. The van der Waals surface area contributed by atoms with E-state index in [-0.39, 0.29) is 24.3 Å². The Labute approximate surface area is 196 Å². The molecule has 4 rings (SSSR count). The molecule has 1 aliphatic heterocycles. The summed E-state index contributed by atoms with van der Waals surface area (Å²) in [6, 6.07) is 8.80. The number of hydrogen-bond donors (Lipinski definition) is 4. The Bertz CT molecular complexity index is 1290. The Balaban J connectivity index is 1.51. The van der Waals surface area contributed by atoms with E-state index in [2.05, 4.69) is 15.4 Å². The molecule has 0 unspecified atom stereocenters. The number of β-amino-alcohol motifs (C(OH)–C–C–N with tert-alkyl or cyclic N) is 1. The fourth-order valence-corrected chi connectivity index (χ4v) is 3.93. The third kappa shape index (κ3) is 5.30. The van der Waals surface area contributed by atoms with Crippen molar-refractivity contribution < 1.29 is 37.4 Å². The highest BCUT2D eigenvalue weighted by Crippen LogP contribution is 2.29. The molecule has 4 amide bonds. The number of halogens is 3. The van der Waals surface area contributed by atoms with Gasteiger partial charge in [0.2, 0.25) is 5.91 Å². The molecule has 1 saturated heterocycles. The van der Waals surface area contributed by atoms with Gasteiger partial charge in [-0.25, -0.2) is 9.59 Å². The van der Waals surface area contributed by atoms with Crippen molar-refractivity contribution in [3.8, 4) is 5.75 Å². The maximum absolute atomic E-state index is 13.0. The fourth-order valence-electron chi connectivity index (χ4n) is 3.93. The Hall–Kier alpha value is -4.26. The van der Waals surface area contributed by atoms with Crippen LogP contribution in [0.2, 0.25) is 0 Å². The number of likely N-dealkylation sites (tertiary alicyclic amines) is 1. The van der Waals surface area contributed by atoms with E-state index in [4.69, 9.17) is 5.73 Å². The number of rotatable bonds is 4. The third-order valence-electron chi connectivity index (χ3n) is 5.37. The highest BCUT2D eigenvalue weighted by molar-refractivity contribution is 6.06. The van der Waals surface area contributed by atoms with Crippen LogP contribution in [0.3, 0.4) is 0 Å². The first kappa shape index (κ1) is 23.9. The van der Waals surface area contributed by atoms with E-state index in [0.717, 1.165) is 21.6 Å². The molecule has 0 bridgehead atoms. The van der Waals surface area contributed by atoms with Crippen LogP contribution in [0, 0.1) is 0 Å². The minimum absolute atomic E-state index is 0.0167. The number of carbonyl (C=O) groups is 3. The van der Waals surface area contributed by atoms with Crippen LogP contribution in [-0.2, 0) is 4.79 Å². The van der Waals surface area contributed by atoms with Crippen LogP contribution in [0.4, 0.5) is 34.1 Å². The molecule has 1 aromatic heterocycles. The van der Waals surface area contributed by atoms with Crippen molar-refractivity contribution >= 4 is 40.2 Å². The largest absolute Gasteiger partial charge is 0.573 e. The molecule has 10 nitrogen and oxygen atoms in total. The number of nitrogens with zero attached hydrogens (tertiary/aromatic N) is 2. The number of urea groups is 1. The molecule has 1 aliphatic rings. The van der Waals surface area contributed by atoms with E-state index >= 15 is 0 Å². The molecule has 0 radical (unpaired) electrons. The minimum atomic E-state index is -4.90. The van der Waals surface area contributed by atoms with Crippen molar-refractivity contribution in [2.75, 3.05) is 17.2 Å². The minimum Gasteiger partial charge on any atom is -0.406 e. The summed E-state index contributed by atoms with van der Waals surface area (Å²) in [4.78, 5) is 38.7. The van der Waals surface area contributed by atoms with Gasteiger partial charge in [0, 0.05) is 36.3 Å². The smallest absolute Gasteiger partial charge is 0.406 e. The summed E-state index contributed by atoms with van der Waals surface area (Å²) in [6.45, 7) is -0.157. The Kier molecular flexibility index (Phi) is 6.26. The average Bonchev–Trinajstić information content (AvgIpc) is 3.34. The molecule has 2 heterocycles. The summed E-state index contributed by atoms with van der Waals surface area (Å²) in [7, 11) is 0. The lowest BCUT2D eigenvalue weighted by molar-refractivity contribution is -0.274. The average molecular weight is 491 g/mol.